The average Bonchev–Trinajstić information content (AvgIpc) is 2.46. The van der Waals surface area contributed by atoms with E-state index in [1.807, 2.05) is 4.90 Å². The Morgan fingerprint density at radius 2 is 1.86 bits per heavy atom. The number of nitrogens with zero attached hydrogens (tertiary/aromatic N) is 3. The summed E-state index contributed by atoms with van der Waals surface area (Å²) in [7, 11) is 0. The third-order valence-corrected chi connectivity index (χ3v) is 3.97. The normalized spacial score (nSPS) is 16.3. The van der Waals surface area contributed by atoms with Gasteiger partial charge in [0.25, 0.3) is 11.6 Å². The number of nitro groups is 1. The van der Waals surface area contributed by atoms with E-state index in [2.05, 4.69) is 18.7 Å². The summed E-state index contributed by atoms with van der Waals surface area (Å²) in [5.74, 6) is -0.0450. The molecule has 0 aliphatic carbocycles. The molecule has 1 aliphatic heterocycles. The first-order valence-electron chi connectivity index (χ1n) is 7.18. The number of carbonyl (C=O) groups excluding carboxylic acids is 1. The molecule has 21 heavy (non-hydrogen) atoms. The van der Waals surface area contributed by atoms with E-state index >= 15 is 0 Å². The summed E-state index contributed by atoms with van der Waals surface area (Å²) in [6.07, 6.45) is 0. The van der Waals surface area contributed by atoms with Gasteiger partial charge in [-0.2, -0.15) is 0 Å². The van der Waals surface area contributed by atoms with E-state index in [0.717, 1.165) is 13.1 Å². The minimum Gasteiger partial charge on any atom is -0.336 e. The zero-order chi connectivity index (χ0) is 15.6. The van der Waals surface area contributed by atoms with Crippen molar-refractivity contribution in [3.8, 4) is 0 Å². The maximum absolute atomic E-state index is 12.4. The molecule has 6 nitrogen and oxygen atoms in total. The predicted molar refractivity (Wildman–Crippen MR) is 80.4 cm³/mol. The molecule has 1 aromatic carbocycles. The van der Waals surface area contributed by atoms with Crippen LogP contribution in [0.25, 0.3) is 0 Å². The van der Waals surface area contributed by atoms with Crippen LogP contribution in [0.5, 0.6) is 0 Å². The van der Waals surface area contributed by atoms with Crippen LogP contribution in [0.1, 0.15) is 29.8 Å². The summed E-state index contributed by atoms with van der Waals surface area (Å²) in [6, 6.07) is 5.05. The molecule has 1 saturated heterocycles. The van der Waals surface area contributed by atoms with Crippen molar-refractivity contribution in [2.75, 3.05) is 26.2 Å². The molecular formula is C15H21N3O3. The molecule has 0 radical (unpaired) electrons. The summed E-state index contributed by atoms with van der Waals surface area (Å²) in [5.41, 5.74) is 1.10. The summed E-state index contributed by atoms with van der Waals surface area (Å²) in [6.45, 7) is 9.10. The van der Waals surface area contributed by atoms with Crippen LogP contribution in [0.2, 0.25) is 0 Å². The van der Waals surface area contributed by atoms with E-state index in [9.17, 15) is 14.9 Å². The summed E-state index contributed by atoms with van der Waals surface area (Å²) in [4.78, 5) is 27.0. The summed E-state index contributed by atoms with van der Waals surface area (Å²) >= 11 is 0. The molecule has 1 aliphatic rings. The smallest absolute Gasteiger partial charge is 0.272 e. The Kier molecular flexibility index (Phi) is 4.57. The number of hydrogen-bond acceptors (Lipinski definition) is 4. The first-order valence-corrected chi connectivity index (χ1v) is 7.18. The van der Waals surface area contributed by atoms with Gasteiger partial charge in [0.15, 0.2) is 0 Å². The minimum atomic E-state index is -0.426. The van der Waals surface area contributed by atoms with E-state index in [1.165, 1.54) is 6.07 Å². The number of amides is 1. The van der Waals surface area contributed by atoms with Crippen molar-refractivity contribution in [2.24, 2.45) is 0 Å². The van der Waals surface area contributed by atoms with E-state index in [1.54, 1.807) is 19.1 Å². The molecular weight excluding hydrogens is 270 g/mol. The van der Waals surface area contributed by atoms with Crippen molar-refractivity contribution in [3.05, 3.63) is 39.4 Å². The maximum atomic E-state index is 12.4. The number of nitro benzene ring substituents is 1. The molecule has 0 spiro atoms. The highest BCUT2D eigenvalue weighted by atomic mass is 16.6. The summed E-state index contributed by atoms with van der Waals surface area (Å²) < 4.78 is 0. The fourth-order valence-electron chi connectivity index (χ4n) is 2.62. The van der Waals surface area contributed by atoms with E-state index in [4.69, 9.17) is 0 Å². The van der Waals surface area contributed by atoms with Gasteiger partial charge in [0.2, 0.25) is 0 Å². The van der Waals surface area contributed by atoms with Gasteiger partial charge in [-0.25, -0.2) is 0 Å². The molecule has 0 aromatic heterocycles. The van der Waals surface area contributed by atoms with E-state index in [0.29, 0.717) is 30.3 Å². The van der Waals surface area contributed by atoms with Gasteiger partial charge >= 0.3 is 0 Å². The van der Waals surface area contributed by atoms with Crippen LogP contribution in [0, 0.1) is 17.0 Å². The average molecular weight is 291 g/mol. The van der Waals surface area contributed by atoms with Gasteiger partial charge in [-0.1, -0.05) is 0 Å². The van der Waals surface area contributed by atoms with Crippen LogP contribution in [0.15, 0.2) is 18.2 Å². The van der Waals surface area contributed by atoms with E-state index < -0.39 is 4.92 Å². The molecule has 0 N–H and O–H groups in total. The fraction of sp³-hybridized carbons (Fsp3) is 0.533. The Morgan fingerprint density at radius 1 is 1.24 bits per heavy atom. The highest BCUT2D eigenvalue weighted by molar-refractivity contribution is 5.94. The van der Waals surface area contributed by atoms with Crippen LogP contribution in [-0.4, -0.2) is 52.9 Å². The molecule has 2 rings (SSSR count). The molecule has 1 amide bonds. The Hall–Kier alpha value is -1.95. The summed E-state index contributed by atoms with van der Waals surface area (Å²) in [5, 5.41) is 10.8. The van der Waals surface area contributed by atoms with Gasteiger partial charge < -0.3 is 4.90 Å². The van der Waals surface area contributed by atoms with E-state index in [-0.39, 0.29) is 11.6 Å². The molecule has 6 heteroatoms. The third-order valence-electron chi connectivity index (χ3n) is 3.97. The molecule has 1 heterocycles. The monoisotopic (exact) mass is 291 g/mol. The number of aryl methyl sites for hydroxylation is 1. The van der Waals surface area contributed by atoms with Crippen molar-refractivity contribution in [1.29, 1.82) is 0 Å². The Balaban J connectivity index is 2.08. The Morgan fingerprint density at radius 3 is 2.33 bits per heavy atom. The number of hydrogen-bond donors (Lipinski definition) is 0. The molecule has 0 atom stereocenters. The van der Waals surface area contributed by atoms with Gasteiger partial charge in [0, 0.05) is 49.4 Å². The second-order valence-corrected chi connectivity index (χ2v) is 5.68. The SMILES string of the molecule is Cc1cc(C(=O)N2CCN(C(C)C)CC2)ccc1[N+](=O)[O-]. The van der Waals surface area contributed by atoms with Crippen LogP contribution in [0.4, 0.5) is 5.69 Å². The highest BCUT2D eigenvalue weighted by Gasteiger charge is 2.24. The van der Waals surface area contributed by atoms with Gasteiger partial charge in [0.1, 0.15) is 0 Å². The number of benzene rings is 1. The molecule has 0 unspecified atom stereocenters. The van der Waals surface area contributed by atoms with Crippen LogP contribution < -0.4 is 0 Å². The van der Waals surface area contributed by atoms with Gasteiger partial charge in [-0.15, -0.1) is 0 Å². The lowest BCUT2D eigenvalue weighted by molar-refractivity contribution is -0.385. The molecule has 1 fully saturated rings. The van der Waals surface area contributed by atoms with Crippen LogP contribution in [-0.2, 0) is 0 Å². The Labute approximate surface area is 124 Å². The molecule has 1 aromatic rings. The first kappa shape index (κ1) is 15.4. The van der Waals surface area contributed by atoms with Crippen molar-refractivity contribution in [3.63, 3.8) is 0 Å². The molecule has 114 valence electrons. The largest absolute Gasteiger partial charge is 0.336 e. The second-order valence-electron chi connectivity index (χ2n) is 5.68. The quantitative estimate of drug-likeness (QED) is 0.631. The van der Waals surface area contributed by atoms with Crippen molar-refractivity contribution in [1.82, 2.24) is 9.80 Å². The minimum absolute atomic E-state index is 0.0450. The van der Waals surface area contributed by atoms with Crippen molar-refractivity contribution < 1.29 is 9.72 Å². The number of carbonyl (C=O) groups is 1. The van der Waals surface area contributed by atoms with Crippen LogP contribution in [0.3, 0.4) is 0 Å². The Bertz CT molecular complexity index is 549. The lowest BCUT2D eigenvalue weighted by Crippen LogP contribution is -2.50. The van der Waals surface area contributed by atoms with Gasteiger partial charge in [0.05, 0.1) is 4.92 Å². The fourth-order valence-corrected chi connectivity index (χ4v) is 2.62. The van der Waals surface area contributed by atoms with Crippen molar-refractivity contribution >= 4 is 11.6 Å². The lowest BCUT2D eigenvalue weighted by atomic mass is 10.1. The highest BCUT2D eigenvalue weighted by Crippen LogP contribution is 2.20. The third kappa shape index (κ3) is 3.39. The van der Waals surface area contributed by atoms with Gasteiger partial charge in [-0.3, -0.25) is 19.8 Å². The zero-order valence-corrected chi connectivity index (χ0v) is 12.7. The van der Waals surface area contributed by atoms with Crippen molar-refractivity contribution in [2.45, 2.75) is 26.8 Å². The predicted octanol–water partition coefficient (Wildman–Crippen LogP) is 2.07. The topological polar surface area (TPSA) is 66.7 Å². The standard InChI is InChI=1S/C15H21N3O3/c1-11(2)16-6-8-17(9-7-16)15(19)13-4-5-14(18(20)21)12(3)10-13/h4-5,10-11H,6-9H2,1-3H3. The van der Waals surface area contributed by atoms with Gasteiger partial charge in [-0.05, 0) is 32.9 Å². The first-order chi connectivity index (χ1) is 9.90. The zero-order valence-electron chi connectivity index (χ0n) is 12.7. The lowest BCUT2D eigenvalue weighted by Gasteiger charge is -2.37. The van der Waals surface area contributed by atoms with Crippen LogP contribution >= 0.6 is 0 Å². The molecule has 0 bridgehead atoms. The maximum Gasteiger partial charge on any atom is 0.272 e. The molecule has 0 saturated carbocycles. The number of piperazine rings is 1. The second kappa shape index (κ2) is 6.22. The number of rotatable bonds is 3.